The molecule has 0 atom stereocenters. The molecule has 5 nitrogen and oxygen atoms in total. The van der Waals surface area contributed by atoms with E-state index in [9.17, 15) is 14.0 Å². The largest absolute Gasteiger partial charge is 0.326 e. The Hall–Kier alpha value is -3.54. The summed E-state index contributed by atoms with van der Waals surface area (Å²) in [5.41, 5.74) is 2.17. The summed E-state index contributed by atoms with van der Waals surface area (Å²) in [6.07, 6.45) is 3.14. The predicted molar refractivity (Wildman–Crippen MR) is 97.4 cm³/mol. The summed E-state index contributed by atoms with van der Waals surface area (Å²) in [5, 5.41) is 5.50. The summed E-state index contributed by atoms with van der Waals surface area (Å²) in [5.74, 6) is -0.917. The van der Waals surface area contributed by atoms with Crippen LogP contribution in [0, 0.1) is 5.82 Å². The smallest absolute Gasteiger partial charge is 0.255 e. The van der Waals surface area contributed by atoms with E-state index in [0.29, 0.717) is 22.5 Å². The minimum atomic E-state index is -0.379. The number of anilines is 2. The van der Waals surface area contributed by atoms with Crippen LogP contribution < -0.4 is 10.6 Å². The molecule has 0 spiro atoms. The van der Waals surface area contributed by atoms with Crippen LogP contribution in [0.15, 0.2) is 73.1 Å². The van der Waals surface area contributed by atoms with Crippen LogP contribution in [0.3, 0.4) is 0 Å². The van der Waals surface area contributed by atoms with Gasteiger partial charge in [0.05, 0.1) is 6.42 Å². The standard InChI is InChI=1S/C20H16FN3O2/c21-16-4-1-3-14(11-16)12-19(25)23-17-5-2-6-18(13-17)24-20(26)15-7-9-22-10-8-15/h1-11,13H,12H2,(H,23,25)(H,24,26). The highest BCUT2D eigenvalue weighted by Gasteiger charge is 2.08. The molecule has 130 valence electrons. The number of amides is 2. The summed E-state index contributed by atoms with van der Waals surface area (Å²) >= 11 is 0. The fourth-order valence-electron chi connectivity index (χ4n) is 2.42. The minimum absolute atomic E-state index is 0.0609. The van der Waals surface area contributed by atoms with E-state index >= 15 is 0 Å². The minimum Gasteiger partial charge on any atom is -0.326 e. The van der Waals surface area contributed by atoms with Crippen molar-refractivity contribution in [2.45, 2.75) is 6.42 Å². The molecular formula is C20H16FN3O2. The number of benzene rings is 2. The molecule has 1 heterocycles. The lowest BCUT2D eigenvalue weighted by molar-refractivity contribution is -0.115. The highest BCUT2D eigenvalue weighted by molar-refractivity contribution is 6.04. The molecule has 6 heteroatoms. The lowest BCUT2D eigenvalue weighted by Crippen LogP contribution is -2.15. The van der Waals surface area contributed by atoms with Gasteiger partial charge in [-0.05, 0) is 48.0 Å². The quantitative estimate of drug-likeness (QED) is 0.738. The van der Waals surface area contributed by atoms with Gasteiger partial charge in [0, 0.05) is 29.3 Å². The molecule has 3 rings (SSSR count). The first-order chi connectivity index (χ1) is 12.6. The maximum Gasteiger partial charge on any atom is 0.255 e. The zero-order chi connectivity index (χ0) is 18.4. The lowest BCUT2D eigenvalue weighted by Gasteiger charge is -2.09. The summed E-state index contributed by atoms with van der Waals surface area (Å²) in [6, 6.07) is 15.9. The monoisotopic (exact) mass is 349 g/mol. The van der Waals surface area contributed by atoms with Gasteiger partial charge < -0.3 is 10.6 Å². The number of rotatable bonds is 5. The van der Waals surface area contributed by atoms with Gasteiger partial charge in [0.15, 0.2) is 0 Å². The summed E-state index contributed by atoms with van der Waals surface area (Å²) < 4.78 is 13.2. The van der Waals surface area contributed by atoms with Gasteiger partial charge in [-0.1, -0.05) is 18.2 Å². The fraction of sp³-hybridized carbons (Fsp3) is 0.0500. The second kappa shape index (κ2) is 8.02. The number of aromatic nitrogens is 1. The van der Waals surface area contributed by atoms with Crippen molar-refractivity contribution >= 4 is 23.2 Å². The third-order valence-corrected chi connectivity index (χ3v) is 3.60. The van der Waals surface area contributed by atoms with Crippen LogP contribution >= 0.6 is 0 Å². The summed E-state index contributed by atoms with van der Waals surface area (Å²) in [6.45, 7) is 0. The Labute approximate surface area is 149 Å². The Morgan fingerprint density at radius 2 is 1.58 bits per heavy atom. The first-order valence-electron chi connectivity index (χ1n) is 7.96. The third-order valence-electron chi connectivity index (χ3n) is 3.60. The Balaban J connectivity index is 1.63. The maximum atomic E-state index is 13.2. The van der Waals surface area contributed by atoms with Crippen molar-refractivity contribution < 1.29 is 14.0 Å². The number of carbonyl (C=O) groups is 2. The van der Waals surface area contributed by atoms with Crippen molar-refractivity contribution in [1.29, 1.82) is 0 Å². The number of halogens is 1. The molecule has 0 fully saturated rings. The van der Waals surface area contributed by atoms with Gasteiger partial charge in [-0.2, -0.15) is 0 Å². The number of hydrogen-bond acceptors (Lipinski definition) is 3. The third kappa shape index (κ3) is 4.73. The van der Waals surface area contributed by atoms with Gasteiger partial charge >= 0.3 is 0 Å². The van der Waals surface area contributed by atoms with Crippen LogP contribution in [0.4, 0.5) is 15.8 Å². The van der Waals surface area contributed by atoms with Gasteiger partial charge in [0.2, 0.25) is 5.91 Å². The van der Waals surface area contributed by atoms with Gasteiger partial charge in [0.25, 0.3) is 5.91 Å². The number of hydrogen-bond donors (Lipinski definition) is 2. The van der Waals surface area contributed by atoms with Crippen LogP contribution in [0.5, 0.6) is 0 Å². The lowest BCUT2D eigenvalue weighted by atomic mass is 10.1. The molecule has 0 bridgehead atoms. The van der Waals surface area contributed by atoms with Crippen LogP contribution in [0.25, 0.3) is 0 Å². The Morgan fingerprint density at radius 1 is 0.885 bits per heavy atom. The molecule has 0 unspecified atom stereocenters. The van der Waals surface area contributed by atoms with Crippen molar-refractivity contribution in [3.8, 4) is 0 Å². The first kappa shape index (κ1) is 17.3. The molecule has 2 amide bonds. The fourth-order valence-corrected chi connectivity index (χ4v) is 2.42. The molecule has 26 heavy (non-hydrogen) atoms. The van der Waals surface area contributed by atoms with E-state index in [0.717, 1.165) is 0 Å². The molecule has 0 aliphatic heterocycles. The van der Waals surface area contributed by atoms with Gasteiger partial charge in [-0.15, -0.1) is 0 Å². The van der Waals surface area contributed by atoms with E-state index < -0.39 is 0 Å². The van der Waals surface area contributed by atoms with E-state index in [1.54, 1.807) is 48.5 Å². The molecule has 0 saturated heterocycles. The highest BCUT2D eigenvalue weighted by Crippen LogP contribution is 2.16. The average Bonchev–Trinajstić information content (AvgIpc) is 2.62. The van der Waals surface area contributed by atoms with Crippen LogP contribution in [0.2, 0.25) is 0 Å². The molecule has 3 aromatic rings. The van der Waals surface area contributed by atoms with E-state index in [1.165, 1.54) is 24.5 Å². The molecule has 0 aliphatic rings. The van der Waals surface area contributed by atoms with E-state index in [4.69, 9.17) is 0 Å². The van der Waals surface area contributed by atoms with E-state index in [-0.39, 0.29) is 24.1 Å². The van der Waals surface area contributed by atoms with Crippen LogP contribution in [-0.2, 0) is 11.2 Å². The molecule has 0 radical (unpaired) electrons. The van der Waals surface area contributed by atoms with Crippen molar-refractivity contribution in [1.82, 2.24) is 4.98 Å². The molecule has 0 aliphatic carbocycles. The SMILES string of the molecule is O=C(Cc1cccc(F)c1)Nc1cccc(NC(=O)c2ccncc2)c1. The van der Waals surface area contributed by atoms with Gasteiger partial charge in [0.1, 0.15) is 5.82 Å². The zero-order valence-corrected chi connectivity index (χ0v) is 13.8. The molecule has 1 aromatic heterocycles. The van der Waals surface area contributed by atoms with Crippen molar-refractivity contribution in [3.63, 3.8) is 0 Å². The summed E-state index contributed by atoms with van der Waals surface area (Å²) in [7, 11) is 0. The van der Waals surface area contributed by atoms with E-state index in [2.05, 4.69) is 15.6 Å². The Bertz CT molecular complexity index is 929. The summed E-state index contributed by atoms with van der Waals surface area (Å²) in [4.78, 5) is 28.1. The highest BCUT2D eigenvalue weighted by atomic mass is 19.1. The molecule has 2 aromatic carbocycles. The number of nitrogens with one attached hydrogen (secondary N) is 2. The van der Waals surface area contributed by atoms with E-state index in [1.807, 2.05) is 0 Å². The normalized spacial score (nSPS) is 10.2. The number of pyridine rings is 1. The van der Waals surface area contributed by atoms with Crippen molar-refractivity contribution in [2.24, 2.45) is 0 Å². The topological polar surface area (TPSA) is 71.1 Å². The Morgan fingerprint density at radius 3 is 2.31 bits per heavy atom. The van der Waals surface area contributed by atoms with Gasteiger partial charge in [-0.25, -0.2) is 4.39 Å². The second-order valence-electron chi connectivity index (χ2n) is 5.63. The number of carbonyl (C=O) groups excluding carboxylic acids is 2. The molecule has 0 saturated carbocycles. The van der Waals surface area contributed by atoms with Gasteiger partial charge in [-0.3, -0.25) is 14.6 Å². The van der Waals surface area contributed by atoms with Crippen molar-refractivity contribution in [3.05, 3.63) is 90.0 Å². The van der Waals surface area contributed by atoms with Crippen LogP contribution in [-0.4, -0.2) is 16.8 Å². The molecular weight excluding hydrogens is 333 g/mol. The molecule has 2 N–H and O–H groups in total. The number of nitrogens with zero attached hydrogens (tertiary/aromatic N) is 1. The second-order valence-corrected chi connectivity index (χ2v) is 5.63. The zero-order valence-electron chi connectivity index (χ0n) is 13.8. The predicted octanol–water partition coefficient (Wildman–Crippen LogP) is 3.65. The average molecular weight is 349 g/mol. The van der Waals surface area contributed by atoms with Crippen LogP contribution in [0.1, 0.15) is 15.9 Å². The van der Waals surface area contributed by atoms with Crippen molar-refractivity contribution in [2.75, 3.05) is 10.6 Å². The Kier molecular flexibility index (Phi) is 5.34. The maximum absolute atomic E-state index is 13.2. The first-order valence-corrected chi connectivity index (χ1v) is 7.96.